The summed E-state index contributed by atoms with van der Waals surface area (Å²) in [7, 11) is 5.54. The number of thiophene rings is 1. The molecule has 0 saturated carbocycles. The summed E-state index contributed by atoms with van der Waals surface area (Å²) in [5.41, 5.74) is 3.24. The molecular formula is C22H26N4O2S. The van der Waals surface area contributed by atoms with Crippen LogP contribution in [0.15, 0.2) is 30.3 Å². The van der Waals surface area contributed by atoms with E-state index >= 15 is 0 Å². The molecule has 3 aromatic rings. The Kier molecular flexibility index (Phi) is 5.41. The number of imidazole rings is 1. The van der Waals surface area contributed by atoms with Crippen molar-refractivity contribution in [2.45, 2.75) is 25.7 Å². The molecule has 0 fully saturated rings. The third-order valence-electron chi connectivity index (χ3n) is 5.60. The van der Waals surface area contributed by atoms with Gasteiger partial charge in [-0.25, -0.2) is 4.98 Å². The number of hydrogen-bond acceptors (Lipinski definition) is 4. The molecule has 1 aliphatic carbocycles. The summed E-state index contributed by atoms with van der Waals surface area (Å²) in [5.74, 6) is 1.08. The predicted octanol–water partition coefficient (Wildman–Crippen LogP) is 2.80. The second kappa shape index (κ2) is 7.99. The topological polar surface area (TPSA) is 67.2 Å². The van der Waals surface area contributed by atoms with Crippen molar-refractivity contribution >= 4 is 34.2 Å². The van der Waals surface area contributed by atoms with Gasteiger partial charge in [-0.3, -0.25) is 9.59 Å². The number of carbonyl (C=O) groups is 2. The highest BCUT2D eigenvalue weighted by Gasteiger charge is 2.27. The summed E-state index contributed by atoms with van der Waals surface area (Å²) >= 11 is 1.57. The average Bonchev–Trinajstić information content (AvgIpc) is 3.28. The Morgan fingerprint density at radius 1 is 1.31 bits per heavy atom. The first-order valence-electron chi connectivity index (χ1n) is 9.95. The van der Waals surface area contributed by atoms with E-state index in [1.54, 1.807) is 30.3 Å². The first-order valence-corrected chi connectivity index (χ1v) is 10.8. The zero-order valence-corrected chi connectivity index (χ0v) is 17.9. The van der Waals surface area contributed by atoms with Crippen molar-refractivity contribution in [3.63, 3.8) is 0 Å². The van der Waals surface area contributed by atoms with E-state index in [1.165, 1.54) is 4.88 Å². The maximum Gasteiger partial charge on any atom is 0.263 e. The summed E-state index contributed by atoms with van der Waals surface area (Å²) in [5, 5.41) is 3.09. The number of nitrogens with zero attached hydrogens (tertiary/aromatic N) is 3. The lowest BCUT2D eigenvalue weighted by Crippen LogP contribution is -2.35. The summed E-state index contributed by atoms with van der Waals surface area (Å²) in [6.45, 7) is 0.577. The zero-order chi connectivity index (χ0) is 20.5. The fraction of sp³-hybridized carbons (Fsp3) is 0.409. The lowest BCUT2D eigenvalue weighted by molar-refractivity contribution is -0.125. The van der Waals surface area contributed by atoms with E-state index in [4.69, 9.17) is 0 Å². The van der Waals surface area contributed by atoms with Gasteiger partial charge in [0.25, 0.3) is 5.91 Å². The maximum atomic E-state index is 12.7. The number of aromatic nitrogens is 2. The van der Waals surface area contributed by atoms with Crippen molar-refractivity contribution in [3.8, 4) is 0 Å². The molecule has 6 nitrogen and oxygen atoms in total. The van der Waals surface area contributed by atoms with Gasteiger partial charge in [0, 0.05) is 44.9 Å². The summed E-state index contributed by atoms with van der Waals surface area (Å²) in [6, 6.07) is 10.0. The minimum atomic E-state index is -0.0279. The van der Waals surface area contributed by atoms with Crippen molar-refractivity contribution in [2.24, 2.45) is 13.0 Å². The molecule has 1 atom stereocenters. The van der Waals surface area contributed by atoms with Gasteiger partial charge in [0.05, 0.1) is 15.9 Å². The molecule has 0 spiro atoms. The van der Waals surface area contributed by atoms with Gasteiger partial charge < -0.3 is 14.8 Å². The number of amides is 2. The molecule has 152 valence electrons. The first kappa shape index (κ1) is 19.6. The van der Waals surface area contributed by atoms with Crippen LogP contribution in [0.3, 0.4) is 0 Å². The Morgan fingerprint density at radius 3 is 2.86 bits per heavy atom. The van der Waals surface area contributed by atoms with E-state index in [0.29, 0.717) is 19.4 Å². The number of benzene rings is 1. The van der Waals surface area contributed by atoms with Crippen LogP contribution in [0.2, 0.25) is 0 Å². The van der Waals surface area contributed by atoms with Crippen molar-refractivity contribution in [1.82, 2.24) is 19.8 Å². The Labute approximate surface area is 174 Å². The third-order valence-corrected chi connectivity index (χ3v) is 6.82. The molecule has 4 rings (SSSR count). The number of hydrogen-bond donors (Lipinski definition) is 1. The van der Waals surface area contributed by atoms with Gasteiger partial charge >= 0.3 is 0 Å². The van der Waals surface area contributed by atoms with Crippen molar-refractivity contribution in [2.75, 3.05) is 20.6 Å². The number of rotatable bonds is 5. The SMILES string of the molecule is CN(C)C(=O)c1cc2c(s1)CCC(C(=O)NCCc1nc3ccccc3n1C)C2. The van der Waals surface area contributed by atoms with Crippen LogP contribution in [0.1, 0.15) is 32.4 Å². The minimum Gasteiger partial charge on any atom is -0.355 e. The van der Waals surface area contributed by atoms with E-state index in [9.17, 15) is 9.59 Å². The fourth-order valence-electron chi connectivity index (χ4n) is 3.93. The monoisotopic (exact) mass is 410 g/mol. The van der Waals surface area contributed by atoms with Crippen LogP contribution < -0.4 is 5.32 Å². The van der Waals surface area contributed by atoms with Gasteiger partial charge in [-0.05, 0) is 43.0 Å². The molecule has 1 unspecified atom stereocenters. The smallest absolute Gasteiger partial charge is 0.263 e. The van der Waals surface area contributed by atoms with E-state index in [1.807, 2.05) is 31.3 Å². The molecule has 2 heterocycles. The van der Waals surface area contributed by atoms with Gasteiger partial charge in [0.1, 0.15) is 5.82 Å². The Morgan fingerprint density at radius 2 is 2.10 bits per heavy atom. The van der Waals surface area contributed by atoms with Crippen LogP contribution in [0.4, 0.5) is 0 Å². The number of nitrogens with one attached hydrogen (secondary N) is 1. The first-order chi connectivity index (χ1) is 13.9. The van der Waals surface area contributed by atoms with E-state index in [2.05, 4.69) is 20.9 Å². The second-order valence-corrected chi connectivity index (χ2v) is 8.95. The molecule has 2 aromatic heterocycles. The largest absolute Gasteiger partial charge is 0.355 e. The summed E-state index contributed by atoms with van der Waals surface area (Å²) in [4.78, 5) is 33.2. The molecular weight excluding hydrogens is 384 g/mol. The highest BCUT2D eigenvalue weighted by Crippen LogP contribution is 2.33. The minimum absolute atomic E-state index is 0.0279. The number of para-hydroxylation sites is 2. The molecule has 7 heteroatoms. The fourth-order valence-corrected chi connectivity index (χ4v) is 5.16. The molecule has 29 heavy (non-hydrogen) atoms. The molecule has 1 aliphatic rings. The Bertz CT molecular complexity index is 1070. The molecule has 2 amide bonds. The summed E-state index contributed by atoms with van der Waals surface area (Å²) < 4.78 is 2.09. The van der Waals surface area contributed by atoms with Gasteiger partial charge in [0.15, 0.2) is 0 Å². The van der Waals surface area contributed by atoms with Gasteiger partial charge in [-0.1, -0.05) is 12.1 Å². The van der Waals surface area contributed by atoms with Gasteiger partial charge in [0.2, 0.25) is 5.91 Å². The summed E-state index contributed by atoms with van der Waals surface area (Å²) in [6.07, 6.45) is 3.12. The highest BCUT2D eigenvalue weighted by atomic mass is 32.1. The van der Waals surface area contributed by atoms with Crippen LogP contribution in [-0.2, 0) is 31.1 Å². The van der Waals surface area contributed by atoms with E-state index in [-0.39, 0.29) is 17.7 Å². The molecule has 1 aromatic carbocycles. The molecule has 0 radical (unpaired) electrons. The molecule has 0 saturated heterocycles. The van der Waals surface area contributed by atoms with Gasteiger partial charge in [-0.15, -0.1) is 11.3 Å². The third kappa shape index (κ3) is 3.92. The van der Waals surface area contributed by atoms with Crippen molar-refractivity contribution < 1.29 is 9.59 Å². The molecule has 1 N–H and O–H groups in total. The van der Waals surface area contributed by atoms with Crippen molar-refractivity contribution in [1.29, 1.82) is 0 Å². The maximum absolute atomic E-state index is 12.7. The average molecular weight is 411 g/mol. The Balaban J connectivity index is 1.35. The van der Waals surface area contributed by atoms with Crippen LogP contribution in [-0.4, -0.2) is 46.9 Å². The van der Waals surface area contributed by atoms with E-state index < -0.39 is 0 Å². The molecule has 0 aliphatic heterocycles. The van der Waals surface area contributed by atoms with Crippen LogP contribution in [0.25, 0.3) is 11.0 Å². The van der Waals surface area contributed by atoms with E-state index in [0.717, 1.165) is 40.1 Å². The lowest BCUT2D eigenvalue weighted by Gasteiger charge is -2.21. The number of fused-ring (bicyclic) bond motifs is 2. The van der Waals surface area contributed by atoms with Crippen LogP contribution in [0, 0.1) is 5.92 Å². The van der Waals surface area contributed by atoms with Crippen LogP contribution in [0.5, 0.6) is 0 Å². The highest BCUT2D eigenvalue weighted by molar-refractivity contribution is 7.14. The lowest BCUT2D eigenvalue weighted by atomic mass is 9.87. The normalized spacial score (nSPS) is 15.9. The number of aryl methyl sites for hydroxylation is 2. The Hall–Kier alpha value is -2.67. The van der Waals surface area contributed by atoms with Crippen LogP contribution >= 0.6 is 11.3 Å². The second-order valence-electron chi connectivity index (χ2n) is 7.82. The van der Waals surface area contributed by atoms with Gasteiger partial charge in [-0.2, -0.15) is 0 Å². The van der Waals surface area contributed by atoms with Crippen molar-refractivity contribution in [3.05, 3.63) is 51.5 Å². The quantitative estimate of drug-likeness (QED) is 0.703. The standard InChI is InChI=1S/C22H26N4O2S/c1-25(2)22(28)19-13-15-12-14(8-9-18(15)29-19)21(27)23-11-10-20-24-16-6-4-5-7-17(16)26(20)3/h4-7,13-14H,8-12H2,1-3H3,(H,23,27). The predicted molar refractivity (Wildman–Crippen MR) is 115 cm³/mol. The molecule has 0 bridgehead atoms. The zero-order valence-electron chi connectivity index (χ0n) is 17.1. The number of carbonyl (C=O) groups excluding carboxylic acids is 2.